The van der Waals surface area contributed by atoms with E-state index < -0.39 is 18.1 Å². The Bertz CT molecular complexity index is 834. The first-order valence-corrected chi connectivity index (χ1v) is 7.82. The van der Waals surface area contributed by atoms with Gasteiger partial charge in [0.1, 0.15) is 0 Å². The number of fused-ring (bicyclic) bond motifs is 1. The molecule has 1 aromatic heterocycles. The van der Waals surface area contributed by atoms with Gasteiger partial charge >= 0.3 is 0 Å². The molecule has 3 rings (SSSR count). The molecule has 0 unspecified atom stereocenters. The van der Waals surface area contributed by atoms with Gasteiger partial charge in [-0.25, -0.2) is 4.98 Å². The highest BCUT2D eigenvalue weighted by atomic mass is 32.1. The van der Waals surface area contributed by atoms with Crippen LogP contribution >= 0.6 is 11.3 Å². The third kappa shape index (κ3) is 3.31. The second kappa shape index (κ2) is 6.33. The quantitative estimate of drug-likeness (QED) is 0.584. The molecule has 6 N–H and O–H groups in total. The monoisotopic (exact) mass is 328 g/mol. The highest BCUT2D eigenvalue weighted by Gasteiger charge is 2.24. The van der Waals surface area contributed by atoms with Crippen LogP contribution in [0.25, 0.3) is 10.2 Å². The Labute approximate surface area is 136 Å². The molecular formula is C16H16N4O2S. The van der Waals surface area contributed by atoms with Crippen molar-refractivity contribution in [2.45, 2.75) is 12.1 Å². The minimum Gasteiger partial charge on any atom is -0.381 e. The van der Waals surface area contributed by atoms with E-state index in [2.05, 4.69) is 10.3 Å². The van der Waals surface area contributed by atoms with Gasteiger partial charge in [-0.2, -0.15) is 0 Å². The van der Waals surface area contributed by atoms with Crippen LogP contribution in [0.3, 0.4) is 0 Å². The Balaban J connectivity index is 1.74. The number of aromatic nitrogens is 1. The van der Waals surface area contributed by atoms with Crippen LogP contribution in [0.4, 0.5) is 10.8 Å². The molecule has 2 aromatic carbocycles. The maximum atomic E-state index is 12.2. The van der Waals surface area contributed by atoms with Gasteiger partial charge in [0.25, 0.3) is 5.91 Å². The number of carbonyl (C=O) groups is 1. The highest BCUT2D eigenvalue weighted by Crippen LogP contribution is 2.26. The third-order valence-corrected chi connectivity index (χ3v) is 4.31. The number of benzene rings is 2. The van der Waals surface area contributed by atoms with Crippen molar-refractivity contribution in [2.75, 3.05) is 11.1 Å². The SMILES string of the molecule is Nc1nc2ccc(NC(=O)[C@H](O)[C@@H](N)c3ccccc3)cc2s1. The molecule has 0 bridgehead atoms. The number of hydrogen-bond acceptors (Lipinski definition) is 6. The Morgan fingerprint density at radius 2 is 1.96 bits per heavy atom. The van der Waals surface area contributed by atoms with Crippen LogP contribution in [0.15, 0.2) is 48.5 Å². The second-order valence-corrected chi connectivity index (χ2v) is 6.17. The van der Waals surface area contributed by atoms with Crippen LogP contribution in [0.5, 0.6) is 0 Å². The third-order valence-electron chi connectivity index (χ3n) is 3.47. The van der Waals surface area contributed by atoms with E-state index in [1.165, 1.54) is 11.3 Å². The summed E-state index contributed by atoms with van der Waals surface area (Å²) in [5, 5.41) is 13.3. The number of hydrogen-bond donors (Lipinski definition) is 4. The van der Waals surface area contributed by atoms with E-state index in [1.54, 1.807) is 30.3 Å². The van der Waals surface area contributed by atoms with Crippen LogP contribution in [0.1, 0.15) is 11.6 Å². The molecule has 1 amide bonds. The molecule has 3 aromatic rings. The molecule has 0 aliphatic rings. The normalized spacial score (nSPS) is 13.7. The smallest absolute Gasteiger partial charge is 0.255 e. The predicted molar refractivity (Wildman–Crippen MR) is 92.0 cm³/mol. The Hall–Kier alpha value is -2.48. The maximum Gasteiger partial charge on any atom is 0.255 e. The van der Waals surface area contributed by atoms with Crippen LogP contribution < -0.4 is 16.8 Å². The number of rotatable bonds is 4. The maximum absolute atomic E-state index is 12.2. The highest BCUT2D eigenvalue weighted by molar-refractivity contribution is 7.22. The second-order valence-electron chi connectivity index (χ2n) is 5.11. The molecule has 1 heterocycles. The van der Waals surface area contributed by atoms with E-state index in [0.29, 0.717) is 16.4 Å². The minimum absolute atomic E-state index is 0.467. The van der Waals surface area contributed by atoms with E-state index in [9.17, 15) is 9.90 Å². The van der Waals surface area contributed by atoms with Gasteiger partial charge in [-0.05, 0) is 23.8 Å². The summed E-state index contributed by atoms with van der Waals surface area (Å²) in [5.41, 5.74) is 13.6. The largest absolute Gasteiger partial charge is 0.381 e. The fraction of sp³-hybridized carbons (Fsp3) is 0.125. The average Bonchev–Trinajstić information content (AvgIpc) is 2.93. The van der Waals surface area contributed by atoms with Crippen molar-refractivity contribution >= 4 is 38.3 Å². The van der Waals surface area contributed by atoms with Crippen molar-refractivity contribution in [1.82, 2.24) is 4.98 Å². The fourth-order valence-corrected chi connectivity index (χ4v) is 3.03. The Morgan fingerprint density at radius 3 is 2.70 bits per heavy atom. The summed E-state index contributed by atoms with van der Waals surface area (Å²) >= 11 is 1.33. The molecule has 2 atom stereocenters. The molecule has 0 fully saturated rings. The molecule has 118 valence electrons. The average molecular weight is 328 g/mol. The number of thiazole rings is 1. The summed E-state index contributed by atoms with van der Waals surface area (Å²) in [6.45, 7) is 0. The molecule has 0 saturated heterocycles. The zero-order chi connectivity index (χ0) is 16.4. The first-order valence-electron chi connectivity index (χ1n) is 7.00. The van der Waals surface area contributed by atoms with E-state index >= 15 is 0 Å². The number of carbonyl (C=O) groups excluding carboxylic acids is 1. The van der Waals surface area contributed by atoms with Crippen molar-refractivity contribution in [3.05, 3.63) is 54.1 Å². The van der Waals surface area contributed by atoms with Crippen LogP contribution in [-0.4, -0.2) is 22.1 Å². The summed E-state index contributed by atoms with van der Waals surface area (Å²) in [5.74, 6) is -0.557. The van der Waals surface area contributed by atoms with Gasteiger partial charge in [-0.15, -0.1) is 0 Å². The van der Waals surface area contributed by atoms with Crippen LogP contribution in [0, 0.1) is 0 Å². The van der Waals surface area contributed by atoms with Gasteiger partial charge in [-0.3, -0.25) is 4.79 Å². The van der Waals surface area contributed by atoms with Gasteiger partial charge in [-0.1, -0.05) is 41.7 Å². The summed E-state index contributed by atoms with van der Waals surface area (Å²) in [4.78, 5) is 16.3. The number of aliphatic hydroxyl groups excluding tert-OH is 1. The summed E-state index contributed by atoms with van der Waals surface area (Å²) in [6, 6.07) is 13.5. The molecule has 0 radical (unpaired) electrons. The number of nitrogens with zero attached hydrogens (tertiary/aromatic N) is 1. The van der Waals surface area contributed by atoms with E-state index in [0.717, 1.165) is 10.2 Å². The van der Waals surface area contributed by atoms with Crippen molar-refractivity contribution < 1.29 is 9.90 Å². The number of anilines is 2. The molecule has 7 heteroatoms. The van der Waals surface area contributed by atoms with Gasteiger partial charge in [0.05, 0.1) is 16.3 Å². The molecule has 6 nitrogen and oxygen atoms in total. The molecular weight excluding hydrogens is 312 g/mol. The summed E-state index contributed by atoms with van der Waals surface area (Å²) < 4.78 is 0.863. The molecule has 23 heavy (non-hydrogen) atoms. The minimum atomic E-state index is -1.35. The van der Waals surface area contributed by atoms with Crippen molar-refractivity contribution in [1.29, 1.82) is 0 Å². The number of nitrogen functional groups attached to an aromatic ring is 1. The van der Waals surface area contributed by atoms with Gasteiger partial charge < -0.3 is 21.9 Å². The lowest BCUT2D eigenvalue weighted by molar-refractivity contribution is -0.125. The van der Waals surface area contributed by atoms with E-state index in [-0.39, 0.29) is 0 Å². The topological polar surface area (TPSA) is 114 Å². The lowest BCUT2D eigenvalue weighted by Crippen LogP contribution is -2.37. The summed E-state index contributed by atoms with van der Waals surface area (Å²) in [7, 11) is 0. The first kappa shape index (κ1) is 15.4. The van der Waals surface area contributed by atoms with Crippen molar-refractivity contribution in [3.63, 3.8) is 0 Å². The van der Waals surface area contributed by atoms with Crippen LogP contribution in [-0.2, 0) is 4.79 Å². The zero-order valence-corrected chi connectivity index (χ0v) is 13.0. The van der Waals surface area contributed by atoms with E-state index in [1.807, 2.05) is 18.2 Å². The Kier molecular flexibility index (Phi) is 4.24. The molecule has 0 aliphatic carbocycles. The predicted octanol–water partition coefficient (Wildman–Crippen LogP) is 1.88. The van der Waals surface area contributed by atoms with Gasteiger partial charge in [0.15, 0.2) is 11.2 Å². The Morgan fingerprint density at radius 1 is 1.22 bits per heavy atom. The molecule has 0 saturated carbocycles. The van der Waals surface area contributed by atoms with Crippen molar-refractivity contribution in [2.24, 2.45) is 5.73 Å². The number of amides is 1. The number of aliphatic hydroxyl groups is 1. The molecule has 0 aliphatic heterocycles. The molecule has 0 spiro atoms. The van der Waals surface area contributed by atoms with Crippen molar-refractivity contribution in [3.8, 4) is 0 Å². The van der Waals surface area contributed by atoms with Gasteiger partial charge in [0, 0.05) is 5.69 Å². The zero-order valence-electron chi connectivity index (χ0n) is 12.1. The first-order chi connectivity index (χ1) is 11.0. The lowest BCUT2D eigenvalue weighted by Gasteiger charge is -2.18. The van der Waals surface area contributed by atoms with E-state index in [4.69, 9.17) is 11.5 Å². The lowest BCUT2D eigenvalue weighted by atomic mass is 10.0. The fourth-order valence-electron chi connectivity index (χ4n) is 2.26. The number of nitrogens with one attached hydrogen (secondary N) is 1. The standard InChI is InChI=1S/C16H16N4O2S/c17-13(9-4-2-1-3-5-9)14(21)15(22)19-10-6-7-11-12(8-10)23-16(18)20-11/h1-8,13-14,21H,17H2,(H2,18,20)(H,19,22)/t13-,14+/m0/s1. The number of nitrogens with two attached hydrogens (primary N) is 2. The summed E-state index contributed by atoms with van der Waals surface area (Å²) in [6.07, 6.45) is -1.35. The van der Waals surface area contributed by atoms with Gasteiger partial charge in [0.2, 0.25) is 0 Å². The van der Waals surface area contributed by atoms with Crippen LogP contribution in [0.2, 0.25) is 0 Å².